The van der Waals surface area contributed by atoms with Gasteiger partial charge < -0.3 is 0 Å². The molecule has 0 N–H and O–H groups in total. The highest BCUT2D eigenvalue weighted by atomic mass is 35.5. The molecular formula is C11H15ClS. The first-order chi connectivity index (χ1) is 6.05. The van der Waals surface area contributed by atoms with Crippen LogP contribution in [0.5, 0.6) is 0 Å². The van der Waals surface area contributed by atoms with Crippen LogP contribution in [0.1, 0.15) is 24.7 Å². The molecule has 0 radical (unpaired) electrons. The van der Waals surface area contributed by atoms with E-state index in [0.29, 0.717) is 5.25 Å². The number of benzene rings is 1. The molecule has 0 bridgehead atoms. The van der Waals surface area contributed by atoms with Crippen LogP contribution in [0.3, 0.4) is 0 Å². The zero-order valence-corrected chi connectivity index (χ0v) is 9.82. The van der Waals surface area contributed by atoms with Crippen molar-refractivity contribution in [3.8, 4) is 0 Å². The van der Waals surface area contributed by atoms with Gasteiger partial charge in [-0.05, 0) is 25.7 Å². The van der Waals surface area contributed by atoms with Gasteiger partial charge in [-0.25, -0.2) is 0 Å². The molecule has 0 aliphatic heterocycles. The van der Waals surface area contributed by atoms with E-state index in [1.54, 1.807) is 11.8 Å². The van der Waals surface area contributed by atoms with Crippen LogP contribution in [0.15, 0.2) is 30.3 Å². The zero-order valence-electron chi connectivity index (χ0n) is 8.25. The summed E-state index contributed by atoms with van der Waals surface area (Å²) in [6, 6.07) is 10.4. The highest BCUT2D eigenvalue weighted by molar-refractivity contribution is 7.99. The molecular weight excluding hydrogens is 200 g/mol. The standard InChI is InChI=1S/C11H15ClS/c1-11(2,12)10(13-3)9-7-5-4-6-8-9/h4-8,10H,1-3H3. The van der Waals surface area contributed by atoms with Crippen molar-refractivity contribution >= 4 is 23.4 Å². The number of hydrogen-bond acceptors (Lipinski definition) is 1. The van der Waals surface area contributed by atoms with Crippen LogP contribution < -0.4 is 0 Å². The fraction of sp³-hybridized carbons (Fsp3) is 0.455. The predicted octanol–water partition coefficient (Wildman–Crippen LogP) is 4.11. The maximum Gasteiger partial charge on any atom is 0.0549 e. The first-order valence-corrected chi connectivity index (χ1v) is 5.99. The predicted molar refractivity (Wildman–Crippen MR) is 62.6 cm³/mol. The molecule has 13 heavy (non-hydrogen) atoms. The van der Waals surface area contributed by atoms with Gasteiger partial charge in [-0.1, -0.05) is 30.3 Å². The van der Waals surface area contributed by atoms with Gasteiger partial charge in [0.2, 0.25) is 0 Å². The molecule has 0 nitrogen and oxygen atoms in total. The van der Waals surface area contributed by atoms with Crippen molar-refractivity contribution < 1.29 is 0 Å². The Bertz CT molecular complexity index is 251. The van der Waals surface area contributed by atoms with Crippen LogP contribution in [0.4, 0.5) is 0 Å². The number of thioether (sulfide) groups is 1. The van der Waals surface area contributed by atoms with E-state index in [0.717, 1.165) is 0 Å². The fourth-order valence-electron chi connectivity index (χ4n) is 1.44. The van der Waals surface area contributed by atoms with Crippen molar-refractivity contribution in [2.75, 3.05) is 6.26 Å². The lowest BCUT2D eigenvalue weighted by Crippen LogP contribution is -2.19. The van der Waals surface area contributed by atoms with Crippen molar-refractivity contribution in [1.82, 2.24) is 0 Å². The van der Waals surface area contributed by atoms with E-state index in [1.165, 1.54) is 5.56 Å². The summed E-state index contributed by atoms with van der Waals surface area (Å²) >= 11 is 8.11. The van der Waals surface area contributed by atoms with Crippen molar-refractivity contribution in [3.63, 3.8) is 0 Å². The minimum absolute atomic E-state index is 0.194. The molecule has 0 heterocycles. The summed E-state index contributed by atoms with van der Waals surface area (Å²) in [7, 11) is 0. The average Bonchev–Trinajstić information content (AvgIpc) is 2.05. The summed E-state index contributed by atoms with van der Waals surface area (Å²) < 4.78 is 0. The quantitative estimate of drug-likeness (QED) is 0.683. The summed E-state index contributed by atoms with van der Waals surface area (Å²) in [6.07, 6.45) is 2.10. The van der Waals surface area contributed by atoms with E-state index < -0.39 is 0 Å². The second-order valence-electron chi connectivity index (χ2n) is 3.59. The molecule has 2 heteroatoms. The highest BCUT2D eigenvalue weighted by Gasteiger charge is 2.27. The van der Waals surface area contributed by atoms with Crippen molar-refractivity contribution in [2.24, 2.45) is 0 Å². The number of hydrogen-bond donors (Lipinski definition) is 0. The fourth-order valence-corrected chi connectivity index (χ4v) is 2.82. The molecule has 0 aliphatic rings. The molecule has 0 spiro atoms. The first kappa shape index (κ1) is 10.9. The van der Waals surface area contributed by atoms with Gasteiger partial charge in [-0.3, -0.25) is 0 Å². The summed E-state index contributed by atoms with van der Waals surface area (Å²) in [6.45, 7) is 4.12. The van der Waals surface area contributed by atoms with Crippen LogP contribution in [0.2, 0.25) is 0 Å². The van der Waals surface area contributed by atoms with E-state index >= 15 is 0 Å². The van der Waals surface area contributed by atoms with Gasteiger partial charge in [0.1, 0.15) is 0 Å². The van der Waals surface area contributed by atoms with E-state index in [-0.39, 0.29) is 4.87 Å². The summed E-state index contributed by atoms with van der Waals surface area (Å²) in [5, 5.41) is 0.357. The van der Waals surface area contributed by atoms with Crippen molar-refractivity contribution in [3.05, 3.63) is 35.9 Å². The van der Waals surface area contributed by atoms with E-state index in [9.17, 15) is 0 Å². The molecule has 1 atom stereocenters. The zero-order chi connectivity index (χ0) is 9.90. The maximum atomic E-state index is 6.31. The van der Waals surface area contributed by atoms with Gasteiger partial charge >= 0.3 is 0 Å². The molecule has 0 aliphatic carbocycles. The third-order valence-corrected chi connectivity index (χ3v) is 3.64. The lowest BCUT2D eigenvalue weighted by Gasteiger charge is -2.27. The Kier molecular flexibility index (Phi) is 3.69. The van der Waals surface area contributed by atoms with Gasteiger partial charge in [0.05, 0.1) is 4.87 Å². The van der Waals surface area contributed by atoms with Gasteiger partial charge in [0, 0.05) is 5.25 Å². The SMILES string of the molecule is CSC(c1ccccc1)C(C)(C)Cl. The van der Waals surface area contributed by atoms with Crippen LogP contribution in [0, 0.1) is 0 Å². The maximum absolute atomic E-state index is 6.31. The Balaban J connectivity index is 2.92. The minimum Gasteiger partial charge on any atom is -0.155 e. The Morgan fingerprint density at radius 1 is 1.23 bits per heavy atom. The molecule has 1 rings (SSSR count). The van der Waals surface area contributed by atoms with Crippen LogP contribution in [0.25, 0.3) is 0 Å². The van der Waals surface area contributed by atoms with Crippen LogP contribution in [-0.2, 0) is 0 Å². The summed E-state index contributed by atoms with van der Waals surface area (Å²) in [5.41, 5.74) is 1.30. The number of rotatable bonds is 3. The Labute approximate surface area is 89.7 Å². The van der Waals surface area contributed by atoms with Crippen LogP contribution in [-0.4, -0.2) is 11.1 Å². The monoisotopic (exact) mass is 214 g/mol. The van der Waals surface area contributed by atoms with Gasteiger partial charge in [-0.2, -0.15) is 11.8 Å². The molecule has 0 saturated heterocycles. The van der Waals surface area contributed by atoms with Gasteiger partial charge in [0.15, 0.2) is 0 Å². The van der Waals surface area contributed by atoms with E-state index in [1.807, 2.05) is 6.07 Å². The molecule has 0 saturated carbocycles. The van der Waals surface area contributed by atoms with Crippen LogP contribution >= 0.6 is 23.4 Å². The molecule has 0 fully saturated rings. The molecule has 1 aromatic carbocycles. The Morgan fingerprint density at radius 2 is 1.77 bits per heavy atom. The average molecular weight is 215 g/mol. The first-order valence-electron chi connectivity index (χ1n) is 4.32. The van der Waals surface area contributed by atoms with E-state index in [4.69, 9.17) is 11.6 Å². The smallest absolute Gasteiger partial charge is 0.0549 e. The second-order valence-corrected chi connectivity index (χ2v) is 5.51. The molecule has 1 aromatic rings. The third kappa shape index (κ3) is 2.92. The topological polar surface area (TPSA) is 0 Å². The molecule has 0 amide bonds. The lowest BCUT2D eigenvalue weighted by molar-refractivity contribution is 0.679. The lowest BCUT2D eigenvalue weighted by atomic mass is 10.0. The Hall–Kier alpha value is -0.140. The Morgan fingerprint density at radius 3 is 2.15 bits per heavy atom. The number of halogens is 1. The molecule has 1 unspecified atom stereocenters. The largest absolute Gasteiger partial charge is 0.155 e. The normalized spacial score (nSPS) is 14.2. The molecule has 0 aromatic heterocycles. The van der Waals surface area contributed by atoms with Crippen molar-refractivity contribution in [1.29, 1.82) is 0 Å². The van der Waals surface area contributed by atoms with E-state index in [2.05, 4.69) is 44.4 Å². The second kappa shape index (κ2) is 4.39. The van der Waals surface area contributed by atoms with Gasteiger partial charge in [0.25, 0.3) is 0 Å². The van der Waals surface area contributed by atoms with Crippen molar-refractivity contribution in [2.45, 2.75) is 24.0 Å². The van der Waals surface area contributed by atoms with Gasteiger partial charge in [-0.15, -0.1) is 11.6 Å². The summed E-state index contributed by atoms with van der Waals surface area (Å²) in [5.74, 6) is 0. The molecule has 72 valence electrons. The highest BCUT2D eigenvalue weighted by Crippen LogP contribution is 2.40. The summed E-state index contributed by atoms with van der Waals surface area (Å²) in [4.78, 5) is -0.194. The third-order valence-electron chi connectivity index (χ3n) is 1.96. The number of alkyl halides is 1. The minimum atomic E-state index is -0.194.